The second-order valence-electron chi connectivity index (χ2n) is 13.0. The van der Waals surface area contributed by atoms with Gasteiger partial charge in [0.15, 0.2) is 5.69 Å². The van der Waals surface area contributed by atoms with Gasteiger partial charge in [-0.05, 0) is 48.6 Å². The Labute approximate surface area is 206 Å². The van der Waals surface area contributed by atoms with Crippen LogP contribution in [-0.2, 0) is 10.8 Å². The zero-order valence-electron chi connectivity index (χ0n) is 23.4. The highest BCUT2D eigenvalue weighted by Gasteiger charge is 2.57. The standard InChI is InChI=1S/C32H43N2/c1-18(2)22-14-13-15-23-25-20(5)16-17-24-27(25)34-28(31(9,10)32(11,12)30(24,7)8)21(6)33(19(3)4)29(34)26(22)23/h13-19H,1-12H3/q+1. The molecule has 0 spiro atoms. The van der Waals surface area contributed by atoms with E-state index in [1.54, 1.807) is 0 Å². The number of aryl methyl sites for hydroxylation is 1. The van der Waals surface area contributed by atoms with Crippen LogP contribution in [0.2, 0.25) is 0 Å². The van der Waals surface area contributed by atoms with Crippen LogP contribution in [0, 0.1) is 19.3 Å². The first kappa shape index (κ1) is 23.4. The van der Waals surface area contributed by atoms with Crippen molar-refractivity contribution >= 4 is 27.3 Å². The highest BCUT2D eigenvalue weighted by atomic mass is 15.2. The molecular formula is C32H43N2+. The Morgan fingerprint density at radius 2 is 1.44 bits per heavy atom. The second kappa shape index (κ2) is 6.86. The third-order valence-corrected chi connectivity index (χ3v) is 10.1. The van der Waals surface area contributed by atoms with Gasteiger partial charge in [-0.3, -0.25) is 0 Å². The van der Waals surface area contributed by atoms with Crippen LogP contribution in [0.3, 0.4) is 0 Å². The fraction of sp³-hybridized carbons (Fsp3) is 0.531. The molecule has 3 heterocycles. The van der Waals surface area contributed by atoms with Crippen LogP contribution < -0.4 is 4.40 Å². The van der Waals surface area contributed by atoms with E-state index in [2.05, 4.69) is 122 Å². The summed E-state index contributed by atoms with van der Waals surface area (Å²) in [5.41, 5.74) is 9.95. The summed E-state index contributed by atoms with van der Waals surface area (Å²) in [6, 6.07) is 12.2. The largest absolute Gasteiger partial charge is 0.295 e. The van der Waals surface area contributed by atoms with Crippen LogP contribution >= 0.6 is 0 Å². The summed E-state index contributed by atoms with van der Waals surface area (Å²) in [6.45, 7) is 28.9. The Bertz CT molecular complexity index is 1490. The lowest BCUT2D eigenvalue weighted by molar-refractivity contribution is -0.496. The summed E-state index contributed by atoms with van der Waals surface area (Å²) >= 11 is 0. The number of benzene rings is 2. The van der Waals surface area contributed by atoms with Crippen molar-refractivity contribution in [3.8, 4) is 0 Å². The lowest BCUT2D eigenvalue weighted by atomic mass is 9.52. The molecular weight excluding hydrogens is 412 g/mol. The molecule has 0 N–H and O–H groups in total. The third-order valence-electron chi connectivity index (χ3n) is 10.1. The predicted octanol–water partition coefficient (Wildman–Crippen LogP) is 8.45. The molecule has 0 radical (unpaired) electrons. The van der Waals surface area contributed by atoms with Gasteiger partial charge >= 0.3 is 0 Å². The number of aromatic nitrogens is 2. The second-order valence-corrected chi connectivity index (χ2v) is 13.0. The molecule has 34 heavy (non-hydrogen) atoms. The molecule has 0 unspecified atom stereocenters. The van der Waals surface area contributed by atoms with Gasteiger partial charge in [-0.15, -0.1) is 0 Å². The van der Waals surface area contributed by atoms with Crippen molar-refractivity contribution in [3.63, 3.8) is 0 Å². The zero-order valence-corrected chi connectivity index (χ0v) is 23.4. The van der Waals surface area contributed by atoms with Gasteiger partial charge in [0.1, 0.15) is 11.2 Å². The van der Waals surface area contributed by atoms with E-state index in [-0.39, 0.29) is 16.2 Å². The summed E-state index contributed by atoms with van der Waals surface area (Å²) in [5.74, 6) is 0.457. The zero-order chi connectivity index (χ0) is 25.1. The van der Waals surface area contributed by atoms with Crippen LogP contribution in [0.15, 0.2) is 30.3 Å². The van der Waals surface area contributed by atoms with Gasteiger partial charge in [0.25, 0.3) is 5.65 Å². The van der Waals surface area contributed by atoms with Gasteiger partial charge in [0.2, 0.25) is 0 Å². The molecule has 2 heteroatoms. The number of hydrogen-bond donors (Lipinski definition) is 0. The maximum atomic E-state index is 2.71. The molecule has 0 atom stereocenters. The smallest absolute Gasteiger partial charge is 0.225 e. The van der Waals surface area contributed by atoms with Crippen LogP contribution in [0.5, 0.6) is 0 Å². The molecule has 0 bridgehead atoms. The summed E-state index contributed by atoms with van der Waals surface area (Å²) in [6.07, 6.45) is 0. The predicted molar refractivity (Wildman–Crippen MR) is 146 cm³/mol. The molecule has 2 aromatic carbocycles. The van der Waals surface area contributed by atoms with E-state index in [1.165, 1.54) is 55.4 Å². The van der Waals surface area contributed by atoms with Gasteiger partial charge in [0.05, 0.1) is 11.4 Å². The summed E-state index contributed by atoms with van der Waals surface area (Å²) < 4.78 is 5.34. The van der Waals surface area contributed by atoms with Crippen LogP contribution in [0.4, 0.5) is 0 Å². The van der Waals surface area contributed by atoms with E-state index in [0.717, 1.165) is 0 Å². The first-order valence-electron chi connectivity index (χ1n) is 13.1. The summed E-state index contributed by atoms with van der Waals surface area (Å²) in [4.78, 5) is 0. The summed E-state index contributed by atoms with van der Waals surface area (Å²) in [7, 11) is 0. The van der Waals surface area contributed by atoms with Gasteiger partial charge in [0, 0.05) is 28.7 Å². The highest BCUT2D eigenvalue weighted by Crippen LogP contribution is 2.57. The molecule has 0 saturated carbocycles. The molecule has 1 aliphatic rings. The average molecular weight is 456 g/mol. The quantitative estimate of drug-likeness (QED) is 0.212. The number of imidazole rings is 1. The molecule has 2 aromatic heterocycles. The topological polar surface area (TPSA) is 9.03 Å². The molecule has 180 valence electrons. The van der Waals surface area contributed by atoms with Crippen LogP contribution in [-0.4, -0.2) is 4.57 Å². The third kappa shape index (κ3) is 2.50. The SMILES string of the molecule is Cc1ccc2c3c1c1cccc(C(C)C)c1c1n(C(C)C)c(C)c([n+]31)C(C)(C)C(C)(C)C2(C)C. The van der Waals surface area contributed by atoms with Crippen molar-refractivity contribution < 1.29 is 4.40 Å². The average Bonchev–Trinajstić information content (AvgIpc) is 3.04. The first-order chi connectivity index (χ1) is 15.7. The lowest BCUT2D eigenvalue weighted by Gasteiger charge is -2.50. The first-order valence-corrected chi connectivity index (χ1v) is 13.1. The maximum Gasteiger partial charge on any atom is 0.295 e. The number of nitrogens with zero attached hydrogens (tertiary/aromatic N) is 2. The monoisotopic (exact) mass is 455 g/mol. The number of rotatable bonds is 2. The van der Waals surface area contributed by atoms with Crippen molar-refractivity contribution in [2.45, 2.75) is 106 Å². The number of hydrogen-bond acceptors (Lipinski definition) is 0. The van der Waals surface area contributed by atoms with E-state index >= 15 is 0 Å². The van der Waals surface area contributed by atoms with E-state index < -0.39 is 0 Å². The van der Waals surface area contributed by atoms with Crippen molar-refractivity contribution in [1.29, 1.82) is 0 Å². The fourth-order valence-electron chi connectivity index (χ4n) is 7.15. The van der Waals surface area contributed by atoms with Crippen molar-refractivity contribution in [3.05, 3.63) is 58.4 Å². The maximum absolute atomic E-state index is 2.71. The Morgan fingerprint density at radius 3 is 2.03 bits per heavy atom. The molecule has 2 nitrogen and oxygen atoms in total. The fourth-order valence-corrected chi connectivity index (χ4v) is 7.15. The Balaban J connectivity index is 2.30. The summed E-state index contributed by atoms with van der Waals surface area (Å²) in [5, 5.41) is 4.26. The highest BCUT2D eigenvalue weighted by molar-refractivity contribution is 6.12. The molecule has 0 aliphatic carbocycles. The van der Waals surface area contributed by atoms with E-state index in [9.17, 15) is 0 Å². The van der Waals surface area contributed by atoms with Gasteiger partial charge in [-0.1, -0.05) is 85.7 Å². The van der Waals surface area contributed by atoms with Crippen molar-refractivity contribution in [2.75, 3.05) is 0 Å². The minimum absolute atomic E-state index is 0.00711. The molecule has 0 amide bonds. The molecule has 0 saturated heterocycles. The van der Waals surface area contributed by atoms with Gasteiger partial charge in [-0.25, -0.2) is 4.57 Å². The molecule has 0 fully saturated rings. The Kier molecular flexibility index (Phi) is 4.72. The van der Waals surface area contributed by atoms with Gasteiger partial charge < -0.3 is 0 Å². The molecule has 4 aromatic rings. The molecule has 1 aliphatic heterocycles. The molecule has 5 rings (SSSR count). The normalized spacial score (nSPS) is 18.6. The Hall–Kier alpha value is -2.35. The van der Waals surface area contributed by atoms with Crippen LogP contribution in [0.1, 0.15) is 109 Å². The van der Waals surface area contributed by atoms with Crippen LogP contribution in [0.25, 0.3) is 27.3 Å². The van der Waals surface area contributed by atoms with E-state index in [1.807, 2.05) is 0 Å². The Morgan fingerprint density at radius 1 is 0.794 bits per heavy atom. The minimum Gasteiger partial charge on any atom is -0.225 e. The number of pyridine rings is 1. The van der Waals surface area contributed by atoms with E-state index in [0.29, 0.717) is 12.0 Å². The van der Waals surface area contributed by atoms with Crippen molar-refractivity contribution in [2.24, 2.45) is 5.41 Å². The van der Waals surface area contributed by atoms with E-state index in [4.69, 9.17) is 0 Å². The lowest BCUT2D eigenvalue weighted by Crippen LogP contribution is -2.50. The minimum atomic E-state index is -0.0378. The van der Waals surface area contributed by atoms with Gasteiger partial charge in [-0.2, -0.15) is 4.40 Å². The van der Waals surface area contributed by atoms with Crippen molar-refractivity contribution in [1.82, 2.24) is 4.57 Å². The number of fused-ring (bicyclic) bond motifs is 3.